The molecule has 3 nitrogen and oxygen atoms in total. The molecular weight excluding hydrogens is 669 g/mol. The van der Waals surface area contributed by atoms with Crippen molar-refractivity contribution in [2.45, 2.75) is 93.9 Å². The van der Waals surface area contributed by atoms with Gasteiger partial charge >= 0.3 is 0 Å². The molecule has 0 bridgehead atoms. The van der Waals surface area contributed by atoms with Gasteiger partial charge in [0.25, 0.3) is 0 Å². The highest BCUT2D eigenvalue weighted by Gasteiger charge is 2.42. The van der Waals surface area contributed by atoms with Crippen molar-refractivity contribution >= 4 is 5.91 Å². The summed E-state index contributed by atoms with van der Waals surface area (Å²) < 4.78 is 0. The molecule has 0 spiro atoms. The fourth-order valence-corrected chi connectivity index (χ4v) is 5.75. The van der Waals surface area contributed by atoms with E-state index in [0.29, 0.717) is 0 Å². The molecule has 55 heavy (non-hydrogen) atoms. The number of benzene rings is 6. The van der Waals surface area contributed by atoms with Gasteiger partial charge in [-0.05, 0) is 33.4 Å². The first-order valence-corrected chi connectivity index (χ1v) is 20.2. The topological polar surface area (TPSA) is 66.9 Å². The molecule has 0 radical (unpaired) electrons. The van der Waals surface area contributed by atoms with Crippen LogP contribution in [0.1, 0.15) is 116 Å². The summed E-state index contributed by atoms with van der Waals surface area (Å²) in [5, 5.41) is 10.1. The van der Waals surface area contributed by atoms with Gasteiger partial charge in [0.1, 0.15) is 10.8 Å². The number of carbonyl (C=O) groups is 1. The lowest BCUT2D eigenvalue weighted by atomic mass is 9.69. The van der Waals surface area contributed by atoms with Gasteiger partial charge in [0.15, 0.2) is 0 Å². The molecule has 0 aliphatic heterocycles. The fraction of sp³-hybridized carbons (Fsp3) is 0.269. The van der Waals surface area contributed by atoms with Crippen LogP contribution in [0.3, 0.4) is 0 Å². The molecule has 0 saturated carbocycles. The number of primary amides is 1. The SMILES string of the molecule is CC.CC.CC.CC.CC.CC.N#CC(c1ccccc1)(c1ccccc1)c1ccccc1.NC(=O)C(c1ccccc1)(c1ccccc1)c1ccccc1. The highest BCUT2D eigenvalue weighted by Crippen LogP contribution is 2.39. The van der Waals surface area contributed by atoms with Crippen LogP contribution in [-0.4, -0.2) is 5.91 Å². The Balaban J connectivity index is 0. The minimum Gasteiger partial charge on any atom is -0.368 e. The lowest BCUT2D eigenvalue weighted by molar-refractivity contribution is -0.120. The summed E-state index contributed by atoms with van der Waals surface area (Å²) in [5.41, 5.74) is 9.77. The molecule has 0 heterocycles. The summed E-state index contributed by atoms with van der Waals surface area (Å²) in [4.78, 5) is 12.6. The van der Waals surface area contributed by atoms with Crippen molar-refractivity contribution in [3.05, 3.63) is 215 Å². The van der Waals surface area contributed by atoms with Gasteiger partial charge in [-0.3, -0.25) is 4.79 Å². The van der Waals surface area contributed by atoms with Crippen LogP contribution in [0.5, 0.6) is 0 Å². The molecule has 6 aromatic carbocycles. The van der Waals surface area contributed by atoms with Gasteiger partial charge in [-0.2, -0.15) is 5.26 Å². The molecule has 0 aliphatic carbocycles. The van der Waals surface area contributed by atoms with Crippen LogP contribution in [0.15, 0.2) is 182 Å². The maximum Gasteiger partial charge on any atom is 0.237 e. The Hall–Kier alpha value is -5.72. The molecule has 6 aromatic rings. The number of amides is 1. The molecule has 2 N–H and O–H groups in total. The average Bonchev–Trinajstić information content (AvgIpc) is 3.31. The van der Waals surface area contributed by atoms with Gasteiger partial charge in [0.05, 0.1) is 6.07 Å². The van der Waals surface area contributed by atoms with Crippen LogP contribution in [-0.2, 0) is 15.6 Å². The molecular formula is C52H68N2O. The van der Waals surface area contributed by atoms with Crippen LogP contribution in [0, 0.1) is 11.3 Å². The zero-order valence-corrected chi connectivity index (χ0v) is 35.8. The maximum absolute atomic E-state index is 12.6. The zero-order valence-electron chi connectivity index (χ0n) is 35.8. The molecule has 0 saturated heterocycles. The Morgan fingerprint density at radius 2 is 0.527 bits per heavy atom. The Morgan fingerprint density at radius 3 is 0.673 bits per heavy atom. The predicted octanol–water partition coefficient (Wildman–Crippen LogP) is 14.2. The van der Waals surface area contributed by atoms with E-state index < -0.39 is 10.8 Å². The first kappa shape index (κ1) is 51.4. The van der Waals surface area contributed by atoms with E-state index in [1.54, 1.807) is 0 Å². The summed E-state index contributed by atoms with van der Waals surface area (Å²) in [7, 11) is 0. The van der Waals surface area contributed by atoms with E-state index in [0.717, 1.165) is 33.4 Å². The van der Waals surface area contributed by atoms with Gasteiger partial charge in [0, 0.05) is 0 Å². The van der Waals surface area contributed by atoms with Crippen molar-refractivity contribution in [3.8, 4) is 6.07 Å². The molecule has 0 aliphatic rings. The first-order chi connectivity index (χ1) is 27.1. The van der Waals surface area contributed by atoms with Crippen LogP contribution in [0.4, 0.5) is 0 Å². The lowest BCUT2D eigenvalue weighted by Crippen LogP contribution is -2.43. The van der Waals surface area contributed by atoms with E-state index in [4.69, 9.17) is 5.73 Å². The normalized spacial score (nSPS) is 9.22. The van der Waals surface area contributed by atoms with E-state index in [9.17, 15) is 10.1 Å². The molecule has 0 atom stereocenters. The van der Waals surface area contributed by atoms with Gasteiger partial charge in [-0.15, -0.1) is 0 Å². The minimum absolute atomic E-state index is 0.379. The van der Waals surface area contributed by atoms with Gasteiger partial charge in [-0.1, -0.05) is 265 Å². The predicted molar refractivity (Wildman–Crippen MR) is 241 cm³/mol. The molecule has 6 rings (SSSR count). The van der Waals surface area contributed by atoms with Crippen molar-refractivity contribution in [2.75, 3.05) is 0 Å². The van der Waals surface area contributed by atoms with Crippen molar-refractivity contribution in [1.82, 2.24) is 0 Å². The summed E-state index contributed by atoms with van der Waals surface area (Å²) in [6.07, 6.45) is 0. The van der Waals surface area contributed by atoms with E-state index in [1.807, 2.05) is 265 Å². The van der Waals surface area contributed by atoms with Gasteiger partial charge in [-0.25, -0.2) is 0 Å². The molecule has 1 amide bonds. The third-order valence-corrected chi connectivity index (χ3v) is 7.78. The van der Waals surface area contributed by atoms with E-state index in [1.165, 1.54) is 0 Å². The number of hydrogen-bond acceptors (Lipinski definition) is 2. The maximum atomic E-state index is 12.6. The third-order valence-electron chi connectivity index (χ3n) is 7.78. The first-order valence-electron chi connectivity index (χ1n) is 20.2. The standard InChI is InChI=1S/C20H17NO.C20H15N.6C2H6/c21-19(22)20(16-10-4-1-5-11-16,17-12-6-2-7-13-17)18-14-8-3-9-15-18;21-16-20(17-10-4-1-5-11-17,18-12-6-2-7-13-18)19-14-8-3-9-15-19;6*1-2/h1-15H,(H2,21,22);1-15H;6*1-2H3. The van der Waals surface area contributed by atoms with Gasteiger partial charge in [0.2, 0.25) is 5.91 Å². The minimum atomic E-state index is -0.982. The second-order valence-corrected chi connectivity index (χ2v) is 10.2. The lowest BCUT2D eigenvalue weighted by Gasteiger charge is -2.32. The summed E-state index contributed by atoms with van der Waals surface area (Å²) in [5.74, 6) is -0.379. The van der Waals surface area contributed by atoms with E-state index >= 15 is 0 Å². The third kappa shape index (κ3) is 13.6. The van der Waals surface area contributed by atoms with Crippen LogP contribution in [0.25, 0.3) is 0 Å². The van der Waals surface area contributed by atoms with Crippen molar-refractivity contribution in [3.63, 3.8) is 0 Å². The number of hydrogen-bond donors (Lipinski definition) is 1. The van der Waals surface area contributed by atoms with E-state index in [2.05, 4.69) is 6.07 Å². The highest BCUT2D eigenvalue weighted by molar-refractivity contribution is 5.95. The Kier molecular flexibility index (Phi) is 29.7. The molecule has 0 fully saturated rings. The summed E-state index contributed by atoms with van der Waals surface area (Å²) >= 11 is 0. The zero-order chi connectivity index (χ0) is 42.0. The Bertz CT molecular complexity index is 1570. The number of nitriles is 1. The number of carbonyl (C=O) groups excluding carboxylic acids is 1. The smallest absolute Gasteiger partial charge is 0.237 e. The summed E-state index contributed by atoms with van der Waals surface area (Å²) in [6.45, 7) is 24.0. The largest absolute Gasteiger partial charge is 0.368 e. The number of nitrogens with zero attached hydrogens (tertiary/aromatic N) is 1. The number of nitrogens with two attached hydrogens (primary N) is 1. The second-order valence-electron chi connectivity index (χ2n) is 10.2. The van der Waals surface area contributed by atoms with Crippen LogP contribution < -0.4 is 5.73 Å². The van der Waals surface area contributed by atoms with Gasteiger partial charge < -0.3 is 5.73 Å². The monoisotopic (exact) mass is 737 g/mol. The van der Waals surface area contributed by atoms with Crippen molar-refractivity contribution in [1.29, 1.82) is 5.26 Å². The fourth-order valence-electron chi connectivity index (χ4n) is 5.75. The van der Waals surface area contributed by atoms with Crippen molar-refractivity contribution in [2.24, 2.45) is 5.73 Å². The van der Waals surface area contributed by atoms with E-state index in [-0.39, 0.29) is 5.91 Å². The van der Waals surface area contributed by atoms with Crippen LogP contribution >= 0.6 is 0 Å². The van der Waals surface area contributed by atoms with Crippen molar-refractivity contribution < 1.29 is 4.79 Å². The highest BCUT2D eigenvalue weighted by atomic mass is 16.1. The summed E-state index contributed by atoms with van der Waals surface area (Å²) in [6, 6.07) is 61.5. The Labute approximate surface area is 335 Å². The molecule has 292 valence electrons. The molecule has 0 aromatic heterocycles. The molecule has 0 unspecified atom stereocenters. The second kappa shape index (κ2) is 31.8. The number of rotatable bonds is 7. The quantitative estimate of drug-likeness (QED) is 0.166. The molecule has 3 heteroatoms. The Morgan fingerprint density at radius 1 is 0.364 bits per heavy atom. The average molecular weight is 737 g/mol. The van der Waals surface area contributed by atoms with Crippen LogP contribution in [0.2, 0.25) is 0 Å².